The number of halogens is 1. The molecule has 0 fully saturated rings. The summed E-state index contributed by atoms with van der Waals surface area (Å²) in [5, 5.41) is 8.71. The maximum atomic E-state index is 10.6. The molecule has 0 aliphatic heterocycles. The fraction of sp³-hybridized carbons (Fsp3) is 0.250. The summed E-state index contributed by atoms with van der Waals surface area (Å²) < 4.78 is 0. The lowest BCUT2D eigenvalue weighted by Crippen LogP contribution is -2.03. The third kappa shape index (κ3) is 1.56. The van der Waals surface area contributed by atoms with Crippen LogP contribution in [-0.4, -0.2) is 16.1 Å². The summed E-state index contributed by atoms with van der Waals surface area (Å²) in [5.74, 6) is -0.700. The van der Waals surface area contributed by atoms with Crippen molar-refractivity contribution in [3.8, 4) is 0 Å². The Morgan fingerprint density at radius 3 is 2.92 bits per heavy atom. The minimum absolute atomic E-state index is 0.243. The SMILES string of the molecule is Cc1c(C(=O)O)ccnc1CCl. The second-order valence-electron chi connectivity index (χ2n) is 2.37. The molecule has 0 aromatic carbocycles. The number of hydrogen-bond donors (Lipinski definition) is 1. The van der Waals surface area contributed by atoms with E-state index in [0.29, 0.717) is 11.3 Å². The van der Waals surface area contributed by atoms with E-state index in [9.17, 15) is 4.79 Å². The predicted molar refractivity (Wildman–Crippen MR) is 45.5 cm³/mol. The molecule has 3 nitrogen and oxygen atoms in total. The van der Waals surface area contributed by atoms with Crippen LogP contribution in [0.2, 0.25) is 0 Å². The average Bonchev–Trinajstić information content (AvgIpc) is 2.04. The average molecular weight is 186 g/mol. The van der Waals surface area contributed by atoms with Crippen molar-refractivity contribution in [2.24, 2.45) is 0 Å². The number of carboxylic acids is 1. The Labute approximate surface area is 75.0 Å². The molecule has 1 aromatic heterocycles. The number of rotatable bonds is 2. The number of pyridine rings is 1. The van der Waals surface area contributed by atoms with Crippen LogP contribution in [0.3, 0.4) is 0 Å². The van der Waals surface area contributed by atoms with Gasteiger partial charge in [-0.15, -0.1) is 11.6 Å². The van der Waals surface area contributed by atoms with Crippen LogP contribution in [0.5, 0.6) is 0 Å². The molecular formula is C8H8ClNO2. The van der Waals surface area contributed by atoms with Crippen molar-refractivity contribution in [1.82, 2.24) is 4.98 Å². The maximum absolute atomic E-state index is 10.6. The van der Waals surface area contributed by atoms with Gasteiger partial charge in [-0.05, 0) is 18.6 Å². The predicted octanol–water partition coefficient (Wildman–Crippen LogP) is 1.83. The zero-order valence-corrected chi connectivity index (χ0v) is 7.30. The van der Waals surface area contributed by atoms with Crippen LogP contribution in [0.4, 0.5) is 0 Å². The first-order valence-corrected chi connectivity index (χ1v) is 3.94. The van der Waals surface area contributed by atoms with Crippen molar-refractivity contribution in [2.75, 3.05) is 0 Å². The lowest BCUT2D eigenvalue weighted by molar-refractivity contribution is 0.0696. The molecular weight excluding hydrogens is 178 g/mol. The molecule has 0 saturated carbocycles. The highest BCUT2D eigenvalue weighted by Crippen LogP contribution is 2.12. The van der Waals surface area contributed by atoms with Crippen molar-refractivity contribution in [3.05, 3.63) is 29.1 Å². The van der Waals surface area contributed by atoms with Gasteiger partial charge in [-0.1, -0.05) is 0 Å². The van der Waals surface area contributed by atoms with Crippen LogP contribution in [0.15, 0.2) is 12.3 Å². The summed E-state index contributed by atoms with van der Waals surface area (Å²) in [7, 11) is 0. The minimum atomic E-state index is -0.943. The Balaban J connectivity index is 3.23. The summed E-state index contributed by atoms with van der Waals surface area (Å²) in [6, 6.07) is 1.47. The molecule has 1 N–H and O–H groups in total. The van der Waals surface area contributed by atoms with Gasteiger partial charge >= 0.3 is 5.97 Å². The van der Waals surface area contributed by atoms with E-state index in [2.05, 4.69) is 4.98 Å². The maximum Gasteiger partial charge on any atom is 0.336 e. The van der Waals surface area contributed by atoms with Gasteiger partial charge in [0.2, 0.25) is 0 Å². The van der Waals surface area contributed by atoms with Crippen molar-refractivity contribution in [3.63, 3.8) is 0 Å². The molecule has 0 aliphatic carbocycles. The van der Waals surface area contributed by atoms with E-state index < -0.39 is 5.97 Å². The van der Waals surface area contributed by atoms with E-state index in [4.69, 9.17) is 16.7 Å². The molecule has 12 heavy (non-hydrogen) atoms. The largest absolute Gasteiger partial charge is 0.478 e. The fourth-order valence-electron chi connectivity index (χ4n) is 0.945. The normalized spacial score (nSPS) is 9.83. The first kappa shape index (κ1) is 9.00. The number of nitrogens with zero attached hydrogens (tertiary/aromatic N) is 1. The van der Waals surface area contributed by atoms with E-state index in [1.54, 1.807) is 6.92 Å². The highest BCUT2D eigenvalue weighted by molar-refractivity contribution is 6.17. The summed E-state index contributed by atoms with van der Waals surface area (Å²) >= 11 is 5.55. The van der Waals surface area contributed by atoms with Gasteiger partial charge < -0.3 is 5.11 Å². The standard InChI is InChI=1S/C8H8ClNO2/c1-5-6(8(11)12)2-3-10-7(5)4-9/h2-3H,4H2,1H3,(H,11,12). The molecule has 1 aromatic rings. The van der Waals surface area contributed by atoms with Gasteiger partial charge in [0.1, 0.15) is 0 Å². The highest BCUT2D eigenvalue weighted by Gasteiger charge is 2.09. The number of alkyl halides is 1. The van der Waals surface area contributed by atoms with E-state index >= 15 is 0 Å². The van der Waals surface area contributed by atoms with Crippen LogP contribution < -0.4 is 0 Å². The molecule has 0 unspecified atom stereocenters. The fourth-order valence-corrected chi connectivity index (χ4v) is 1.21. The first-order chi connectivity index (χ1) is 5.66. The van der Waals surface area contributed by atoms with Crippen molar-refractivity contribution >= 4 is 17.6 Å². The molecule has 4 heteroatoms. The van der Waals surface area contributed by atoms with Gasteiger partial charge in [-0.25, -0.2) is 4.79 Å². The number of carboxylic acid groups (broad SMARTS) is 1. The molecule has 0 aliphatic rings. The summed E-state index contributed by atoms with van der Waals surface area (Å²) in [6.45, 7) is 1.70. The van der Waals surface area contributed by atoms with E-state index in [1.165, 1.54) is 12.3 Å². The molecule has 1 heterocycles. The molecule has 64 valence electrons. The van der Waals surface area contributed by atoms with Gasteiger partial charge in [0.05, 0.1) is 17.1 Å². The van der Waals surface area contributed by atoms with Crippen LogP contribution in [0.25, 0.3) is 0 Å². The molecule has 0 radical (unpaired) electrons. The molecule has 0 bridgehead atoms. The van der Waals surface area contributed by atoms with E-state index in [0.717, 1.165) is 0 Å². The molecule has 1 rings (SSSR count). The summed E-state index contributed by atoms with van der Waals surface area (Å²) in [4.78, 5) is 14.6. The van der Waals surface area contributed by atoms with E-state index in [-0.39, 0.29) is 11.4 Å². The van der Waals surface area contributed by atoms with Crippen LogP contribution in [0, 0.1) is 6.92 Å². The quantitative estimate of drug-likeness (QED) is 0.716. The van der Waals surface area contributed by atoms with Gasteiger partial charge in [0.15, 0.2) is 0 Å². The number of aromatic nitrogens is 1. The third-order valence-electron chi connectivity index (χ3n) is 1.67. The van der Waals surface area contributed by atoms with Crippen molar-refractivity contribution in [2.45, 2.75) is 12.8 Å². The monoisotopic (exact) mass is 185 g/mol. The summed E-state index contributed by atoms with van der Waals surface area (Å²) in [5.41, 5.74) is 1.53. The molecule has 0 saturated heterocycles. The highest BCUT2D eigenvalue weighted by atomic mass is 35.5. The Morgan fingerprint density at radius 1 is 1.75 bits per heavy atom. The third-order valence-corrected chi connectivity index (χ3v) is 1.92. The van der Waals surface area contributed by atoms with Crippen LogP contribution in [0.1, 0.15) is 21.6 Å². The van der Waals surface area contributed by atoms with Gasteiger partial charge in [0, 0.05) is 6.20 Å². The Bertz CT molecular complexity index is 312. The zero-order chi connectivity index (χ0) is 9.14. The number of carbonyl (C=O) groups is 1. The van der Waals surface area contributed by atoms with Crippen molar-refractivity contribution in [1.29, 1.82) is 0 Å². The minimum Gasteiger partial charge on any atom is -0.478 e. The second-order valence-corrected chi connectivity index (χ2v) is 2.64. The Morgan fingerprint density at radius 2 is 2.42 bits per heavy atom. The van der Waals surface area contributed by atoms with Crippen LogP contribution >= 0.6 is 11.6 Å². The van der Waals surface area contributed by atoms with Gasteiger partial charge in [-0.2, -0.15) is 0 Å². The van der Waals surface area contributed by atoms with Gasteiger partial charge in [-0.3, -0.25) is 4.98 Å². The topological polar surface area (TPSA) is 50.2 Å². The molecule has 0 amide bonds. The van der Waals surface area contributed by atoms with Gasteiger partial charge in [0.25, 0.3) is 0 Å². The summed E-state index contributed by atoms with van der Waals surface area (Å²) in [6.07, 6.45) is 1.45. The molecule has 0 atom stereocenters. The van der Waals surface area contributed by atoms with E-state index in [1.807, 2.05) is 0 Å². The first-order valence-electron chi connectivity index (χ1n) is 3.40. The second kappa shape index (κ2) is 3.54. The molecule has 0 spiro atoms. The van der Waals surface area contributed by atoms with Crippen molar-refractivity contribution < 1.29 is 9.90 Å². The zero-order valence-electron chi connectivity index (χ0n) is 6.54. The lowest BCUT2D eigenvalue weighted by Gasteiger charge is -2.03. The number of hydrogen-bond acceptors (Lipinski definition) is 2. The lowest BCUT2D eigenvalue weighted by atomic mass is 10.1. The van der Waals surface area contributed by atoms with Crippen LogP contribution in [-0.2, 0) is 5.88 Å². The smallest absolute Gasteiger partial charge is 0.336 e. The Kier molecular flexibility index (Phi) is 2.65. The number of aromatic carboxylic acids is 1. The Hall–Kier alpha value is -1.09.